The normalized spacial score (nSPS) is 11.0. The molecule has 140 valence electrons. The van der Waals surface area contributed by atoms with Gasteiger partial charge in [0.25, 0.3) is 5.91 Å². The number of hydrogen-bond donors (Lipinski definition) is 1. The Labute approximate surface area is 161 Å². The summed E-state index contributed by atoms with van der Waals surface area (Å²) in [5, 5.41) is 13.9. The molecule has 1 aromatic heterocycles. The lowest BCUT2D eigenvalue weighted by molar-refractivity contribution is -0.137. The standard InChI is InChI=1S/C17H20Cl2N4O3/c1-4-22(9-8-13(24)25)17(26)15-20-16(10(2)3)23(21-15)14-11(18)6-5-7-12(14)19/h5-7,10H,4,8-9H2,1-3H3,(H,24,25). The van der Waals surface area contributed by atoms with Crippen LogP contribution >= 0.6 is 23.2 Å². The van der Waals surface area contributed by atoms with Crippen LogP contribution in [0.2, 0.25) is 10.0 Å². The molecular weight excluding hydrogens is 379 g/mol. The molecular formula is C17H20Cl2N4O3. The second kappa shape index (κ2) is 8.51. The summed E-state index contributed by atoms with van der Waals surface area (Å²) in [5.41, 5.74) is 0.458. The molecule has 0 saturated carbocycles. The van der Waals surface area contributed by atoms with Gasteiger partial charge in [0.1, 0.15) is 11.5 Å². The fourth-order valence-electron chi connectivity index (χ4n) is 2.42. The van der Waals surface area contributed by atoms with Gasteiger partial charge >= 0.3 is 5.97 Å². The molecule has 0 unspecified atom stereocenters. The first-order valence-corrected chi connectivity index (χ1v) is 8.94. The molecule has 0 aliphatic heterocycles. The SMILES string of the molecule is CCN(CCC(=O)O)C(=O)c1nc(C(C)C)n(-c2c(Cl)cccc2Cl)n1. The van der Waals surface area contributed by atoms with E-state index >= 15 is 0 Å². The van der Waals surface area contributed by atoms with E-state index in [4.69, 9.17) is 28.3 Å². The first kappa shape index (κ1) is 20.2. The highest BCUT2D eigenvalue weighted by molar-refractivity contribution is 6.37. The lowest BCUT2D eigenvalue weighted by atomic mass is 10.2. The molecule has 1 aromatic carbocycles. The van der Waals surface area contributed by atoms with Crippen molar-refractivity contribution in [3.05, 3.63) is 39.9 Å². The van der Waals surface area contributed by atoms with E-state index < -0.39 is 11.9 Å². The molecule has 26 heavy (non-hydrogen) atoms. The molecule has 0 spiro atoms. The number of benzene rings is 1. The molecule has 2 rings (SSSR count). The highest BCUT2D eigenvalue weighted by Gasteiger charge is 2.25. The summed E-state index contributed by atoms with van der Waals surface area (Å²) < 4.78 is 1.48. The minimum atomic E-state index is -0.972. The number of rotatable bonds is 7. The van der Waals surface area contributed by atoms with Crippen LogP contribution in [0.1, 0.15) is 49.6 Å². The van der Waals surface area contributed by atoms with Gasteiger partial charge in [-0.2, -0.15) is 0 Å². The topological polar surface area (TPSA) is 88.3 Å². The van der Waals surface area contributed by atoms with E-state index in [1.807, 2.05) is 13.8 Å². The van der Waals surface area contributed by atoms with Crippen LogP contribution in [0.4, 0.5) is 0 Å². The van der Waals surface area contributed by atoms with Crippen LogP contribution in [0.5, 0.6) is 0 Å². The van der Waals surface area contributed by atoms with Crippen LogP contribution in [-0.4, -0.2) is 49.7 Å². The highest BCUT2D eigenvalue weighted by atomic mass is 35.5. The maximum absolute atomic E-state index is 12.7. The van der Waals surface area contributed by atoms with Crippen LogP contribution < -0.4 is 0 Å². The summed E-state index contributed by atoms with van der Waals surface area (Å²) in [4.78, 5) is 29.2. The van der Waals surface area contributed by atoms with Crippen molar-refractivity contribution in [1.29, 1.82) is 0 Å². The van der Waals surface area contributed by atoms with E-state index in [0.717, 1.165) is 0 Å². The fraction of sp³-hybridized carbons (Fsp3) is 0.412. The van der Waals surface area contributed by atoms with Crippen molar-refractivity contribution < 1.29 is 14.7 Å². The molecule has 9 heteroatoms. The third kappa shape index (κ3) is 4.34. The maximum Gasteiger partial charge on any atom is 0.305 e. The number of aromatic nitrogens is 3. The van der Waals surface area contributed by atoms with Crippen LogP contribution in [0, 0.1) is 0 Å². The van der Waals surface area contributed by atoms with Crippen LogP contribution in [0.25, 0.3) is 5.69 Å². The zero-order valence-corrected chi connectivity index (χ0v) is 16.3. The third-order valence-electron chi connectivity index (χ3n) is 3.75. The Bertz CT molecular complexity index is 800. The lowest BCUT2D eigenvalue weighted by Crippen LogP contribution is -2.33. The smallest absolute Gasteiger partial charge is 0.305 e. The van der Waals surface area contributed by atoms with E-state index in [1.54, 1.807) is 25.1 Å². The van der Waals surface area contributed by atoms with E-state index in [1.165, 1.54) is 9.58 Å². The van der Waals surface area contributed by atoms with E-state index in [0.29, 0.717) is 28.1 Å². The quantitative estimate of drug-likeness (QED) is 0.768. The summed E-state index contributed by atoms with van der Waals surface area (Å²) in [7, 11) is 0. The summed E-state index contributed by atoms with van der Waals surface area (Å²) >= 11 is 12.5. The maximum atomic E-state index is 12.7. The highest BCUT2D eigenvalue weighted by Crippen LogP contribution is 2.30. The predicted molar refractivity (Wildman–Crippen MR) is 99.3 cm³/mol. The second-order valence-corrected chi connectivity index (χ2v) is 6.77. The molecule has 0 aliphatic rings. The van der Waals surface area contributed by atoms with Gasteiger partial charge in [-0.05, 0) is 19.1 Å². The third-order valence-corrected chi connectivity index (χ3v) is 4.36. The largest absolute Gasteiger partial charge is 0.481 e. The summed E-state index contributed by atoms with van der Waals surface area (Å²) in [6, 6.07) is 5.08. The molecule has 0 bridgehead atoms. The molecule has 7 nitrogen and oxygen atoms in total. The summed E-state index contributed by atoms with van der Waals surface area (Å²) in [5.74, 6) is -0.918. The van der Waals surface area contributed by atoms with Crippen LogP contribution in [0.3, 0.4) is 0 Å². The Morgan fingerprint density at radius 1 is 1.27 bits per heavy atom. The average Bonchev–Trinajstić information content (AvgIpc) is 3.00. The zero-order valence-electron chi connectivity index (χ0n) is 14.7. The van der Waals surface area contributed by atoms with Crippen LogP contribution in [-0.2, 0) is 4.79 Å². The molecule has 1 heterocycles. The predicted octanol–water partition coefficient (Wildman–Crippen LogP) is 3.63. The van der Waals surface area contributed by atoms with Crippen molar-refractivity contribution >= 4 is 35.1 Å². The minimum Gasteiger partial charge on any atom is -0.481 e. The van der Waals surface area contributed by atoms with E-state index in [-0.39, 0.29) is 24.7 Å². The van der Waals surface area contributed by atoms with Crippen molar-refractivity contribution in [3.8, 4) is 5.69 Å². The molecule has 1 amide bonds. The fourth-order valence-corrected chi connectivity index (χ4v) is 2.98. The number of aliphatic carboxylic acids is 1. The van der Waals surface area contributed by atoms with Crippen molar-refractivity contribution in [2.24, 2.45) is 0 Å². The number of nitrogens with zero attached hydrogens (tertiary/aromatic N) is 4. The van der Waals surface area contributed by atoms with Crippen LogP contribution in [0.15, 0.2) is 18.2 Å². The van der Waals surface area contributed by atoms with Crippen molar-refractivity contribution in [2.75, 3.05) is 13.1 Å². The number of carboxylic acid groups (broad SMARTS) is 1. The zero-order chi connectivity index (χ0) is 19.4. The number of halogens is 2. The first-order valence-electron chi connectivity index (χ1n) is 8.18. The summed E-state index contributed by atoms with van der Waals surface area (Å²) in [6.45, 7) is 6.04. The minimum absolute atomic E-state index is 0.0167. The first-order chi connectivity index (χ1) is 12.3. The lowest BCUT2D eigenvalue weighted by Gasteiger charge is -2.17. The van der Waals surface area contributed by atoms with Gasteiger partial charge in [-0.1, -0.05) is 43.1 Å². The van der Waals surface area contributed by atoms with Gasteiger partial charge in [-0.25, -0.2) is 9.67 Å². The Morgan fingerprint density at radius 2 is 1.88 bits per heavy atom. The molecule has 2 aromatic rings. The molecule has 0 atom stereocenters. The van der Waals surface area contributed by atoms with E-state index in [2.05, 4.69) is 10.1 Å². The summed E-state index contributed by atoms with van der Waals surface area (Å²) in [6.07, 6.45) is -0.145. The number of carboxylic acids is 1. The number of hydrogen-bond acceptors (Lipinski definition) is 4. The van der Waals surface area contributed by atoms with Gasteiger partial charge in [0.2, 0.25) is 5.82 Å². The van der Waals surface area contributed by atoms with Crippen molar-refractivity contribution in [2.45, 2.75) is 33.1 Å². The Morgan fingerprint density at radius 3 is 2.38 bits per heavy atom. The van der Waals surface area contributed by atoms with Crippen molar-refractivity contribution in [1.82, 2.24) is 19.7 Å². The van der Waals surface area contributed by atoms with Gasteiger partial charge in [-0.15, -0.1) is 5.10 Å². The van der Waals surface area contributed by atoms with Gasteiger partial charge in [-0.3, -0.25) is 9.59 Å². The molecule has 0 aliphatic carbocycles. The second-order valence-electron chi connectivity index (χ2n) is 5.96. The monoisotopic (exact) mass is 398 g/mol. The van der Waals surface area contributed by atoms with E-state index in [9.17, 15) is 9.59 Å². The molecule has 0 fully saturated rings. The van der Waals surface area contributed by atoms with Crippen molar-refractivity contribution in [3.63, 3.8) is 0 Å². The Kier molecular flexibility index (Phi) is 6.61. The average molecular weight is 399 g/mol. The molecule has 1 N–H and O–H groups in total. The number of para-hydroxylation sites is 1. The van der Waals surface area contributed by atoms with Gasteiger partial charge < -0.3 is 10.0 Å². The number of amides is 1. The van der Waals surface area contributed by atoms with Gasteiger partial charge in [0, 0.05) is 19.0 Å². The Hall–Kier alpha value is -2.12. The molecule has 0 saturated heterocycles. The Balaban J connectivity index is 2.46. The van der Waals surface area contributed by atoms with Gasteiger partial charge in [0.05, 0.1) is 16.5 Å². The number of carbonyl (C=O) groups excluding carboxylic acids is 1. The number of carbonyl (C=O) groups is 2. The van der Waals surface area contributed by atoms with Gasteiger partial charge in [0.15, 0.2) is 0 Å². The molecule has 0 radical (unpaired) electrons.